The molecule has 1 N–H and O–H groups in total. The van der Waals surface area contributed by atoms with Crippen molar-refractivity contribution in [2.24, 2.45) is 0 Å². The number of hydrogen-bond donors (Lipinski definition) is 1. The zero-order chi connectivity index (χ0) is 13.8. The van der Waals surface area contributed by atoms with Crippen molar-refractivity contribution in [3.8, 4) is 11.4 Å². The highest BCUT2D eigenvalue weighted by Crippen LogP contribution is 2.26. The standard InChI is InChI=1S/C15H21N3S/c1-5-6-16-14-7-13(10(2)3)17-15(18-14)12-9-19-8-11(12)4/h7-10H,5-6H2,1-4H3,(H,16,17,18). The summed E-state index contributed by atoms with van der Waals surface area (Å²) in [7, 11) is 0. The normalized spacial score (nSPS) is 11.0. The maximum atomic E-state index is 4.70. The number of nitrogens with one attached hydrogen (secondary N) is 1. The van der Waals surface area contributed by atoms with Gasteiger partial charge >= 0.3 is 0 Å². The average Bonchev–Trinajstić information content (AvgIpc) is 2.82. The van der Waals surface area contributed by atoms with Gasteiger partial charge in [0.05, 0.1) is 0 Å². The Labute approximate surface area is 119 Å². The van der Waals surface area contributed by atoms with E-state index < -0.39 is 0 Å². The van der Waals surface area contributed by atoms with Crippen LogP contribution in [-0.4, -0.2) is 16.5 Å². The van der Waals surface area contributed by atoms with Crippen molar-refractivity contribution in [2.45, 2.75) is 40.0 Å². The lowest BCUT2D eigenvalue weighted by molar-refractivity contribution is 0.815. The summed E-state index contributed by atoms with van der Waals surface area (Å²) in [5.74, 6) is 2.17. The maximum absolute atomic E-state index is 4.70. The van der Waals surface area contributed by atoms with Gasteiger partial charge in [-0.1, -0.05) is 20.8 Å². The molecule has 19 heavy (non-hydrogen) atoms. The lowest BCUT2D eigenvalue weighted by Crippen LogP contribution is -2.06. The molecule has 2 aromatic rings. The molecule has 0 aliphatic heterocycles. The van der Waals surface area contributed by atoms with Crippen LogP contribution in [0.2, 0.25) is 0 Å². The van der Waals surface area contributed by atoms with Gasteiger partial charge in [-0.25, -0.2) is 9.97 Å². The molecule has 4 heteroatoms. The Bertz CT molecular complexity index is 546. The van der Waals surface area contributed by atoms with E-state index in [2.05, 4.69) is 54.8 Å². The van der Waals surface area contributed by atoms with Crippen molar-refractivity contribution >= 4 is 17.2 Å². The molecule has 3 nitrogen and oxygen atoms in total. The number of aromatic nitrogens is 2. The molecule has 2 heterocycles. The predicted molar refractivity (Wildman–Crippen MR) is 83.0 cm³/mol. The zero-order valence-corrected chi connectivity index (χ0v) is 12.8. The van der Waals surface area contributed by atoms with E-state index in [0.29, 0.717) is 5.92 Å². The molecule has 0 unspecified atom stereocenters. The molecule has 0 aromatic carbocycles. The van der Waals surface area contributed by atoms with Gasteiger partial charge in [0.25, 0.3) is 0 Å². The first kappa shape index (κ1) is 14.0. The first-order valence-corrected chi connectivity index (χ1v) is 7.72. The first-order valence-electron chi connectivity index (χ1n) is 6.77. The van der Waals surface area contributed by atoms with E-state index in [4.69, 9.17) is 4.98 Å². The zero-order valence-electron chi connectivity index (χ0n) is 12.0. The molecule has 0 aliphatic rings. The topological polar surface area (TPSA) is 37.8 Å². The predicted octanol–water partition coefficient (Wildman–Crippen LogP) is 4.46. The molecule has 0 saturated carbocycles. The van der Waals surface area contributed by atoms with Crippen LogP contribution in [0.25, 0.3) is 11.4 Å². The average molecular weight is 275 g/mol. The second kappa shape index (κ2) is 6.15. The summed E-state index contributed by atoms with van der Waals surface area (Å²) < 4.78 is 0. The van der Waals surface area contributed by atoms with E-state index in [1.165, 1.54) is 5.56 Å². The second-order valence-corrected chi connectivity index (χ2v) is 5.80. The molecule has 0 bridgehead atoms. The van der Waals surface area contributed by atoms with Crippen molar-refractivity contribution in [1.82, 2.24) is 9.97 Å². The number of thiophene rings is 1. The Morgan fingerprint density at radius 1 is 1.26 bits per heavy atom. The number of aryl methyl sites for hydroxylation is 1. The summed E-state index contributed by atoms with van der Waals surface area (Å²) in [6.07, 6.45) is 1.09. The Hall–Kier alpha value is -1.42. The molecule has 0 spiro atoms. The highest BCUT2D eigenvalue weighted by molar-refractivity contribution is 7.08. The lowest BCUT2D eigenvalue weighted by Gasteiger charge is -2.11. The number of rotatable bonds is 5. The van der Waals surface area contributed by atoms with Gasteiger partial charge in [0.1, 0.15) is 5.82 Å². The van der Waals surface area contributed by atoms with Crippen LogP contribution >= 0.6 is 11.3 Å². The van der Waals surface area contributed by atoms with Crippen molar-refractivity contribution in [2.75, 3.05) is 11.9 Å². The fourth-order valence-electron chi connectivity index (χ4n) is 1.82. The van der Waals surface area contributed by atoms with Crippen molar-refractivity contribution in [3.05, 3.63) is 28.1 Å². The lowest BCUT2D eigenvalue weighted by atomic mass is 10.1. The first-order chi connectivity index (χ1) is 9.11. The highest BCUT2D eigenvalue weighted by Gasteiger charge is 2.11. The van der Waals surface area contributed by atoms with Gasteiger partial charge in [0.2, 0.25) is 0 Å². The van der Waals surface area contributed by atoms with Crippen LogP contribution < -0.4 is 5.32 Å². The fraction of sp³-hybridized carbons (Fsp3) is 0.467. The van der Waals surface area contributed by atoms with E-state index in [0.717, 1.165) is 35.9 Å². The highest BCUT2D eigenvalue weighted by atomic mass is 32.1. The molecule has 0 saturated heterocycles. The van der Waals surface area contributed by atoms with Gasteiger partial charge in [-0.05, 0) is 30.2 Å². The van der Waals surface area contributed by atoms with Crippen LogP contribution in [0.4, 0.5) is 5.82 Å². The Morgan fingerprint density at radius 3 is 2.63 bits per heavy atom. The van der Waals surface area contributed by atoms with E-state index >= 15 is 0 Å². The maximum Gasteiger partial charge on any atom is 0.162 e. The van der Waals surface area contributed by atoms with Crippen molar-refractivity contribution in [1.29, 1.82) is 0 Å². The van der Waals surface area contributed by atoms with Crippen molar-refractivity contribution in [3.63, 3.8) is 0 Å². The van der Waals surface area contributed by atoms with Crippen LogP contribution in [-0.2, 0) is 0 Å². The van der Waals surface area contributed by atoms with E-state index in [9.17, 15) is 0 Å². The largest absolute Gasteiger partial charge is 0.370 e. The van der Waals surface area contributed by atoms with Gasteiger partial charge in [-0.15, -0.1) is 0 Å². The van der Waals surface area contributed by atoms with Gasteiger partial charge in [0.15, 0.2) is 5.82 Å². The number of anilines is 1. The van der Waals surface area contributed by atoms with Crippen LogP contribution in [0, 0.1) is 6.92 Å². The van der Waals surface area contributed by atoms with Crippen molar-refractivity contribution < 1.29 is 0 Å². The molecular formula is C15H21N3S. The van der Waals surface area contributed by atoms with Crippen LogP contribution in [0.15, 0.2) is 16.8 Å². The Balaban J connectivity index is 2.42. The van der Waals surface area contributed by atoms with Gasteiger partial charge in [-0.3, -0.25) is 0 Å². The molecule has 2 rings (SSSR count). The van der Waals surface area contributed by atoms with Gasteiger partial charge in [0, 0.05) is 29.2 Å². The minimum atomic E-state index is 0.405. The van der Waals surface area contributed by atoms with Gasteiger partial charge < -0.3 is 5.32 Å². The Morgan fingerprint density at radius 2 is 2.05 bits per heavy atom. The summed E-state index contributed by atoms with van der Waals surface area (Å²) in [5.41, 5.74) is 3.48. The van der Waals surface area contributed by atoms with E-state index in [-0.39, 0.29) is 0 Å². The third-order valence-corrected chi connectivity index (χ3v) is 3.85. The Kier molecular flexibility index (Phi) is 4.53. The molecule has 102 valence electrons. The SMILES string of the molecule is CCCNc1cc(C(C)C)nc(-c2cscc2C)n1. The summed E-state index contributed by atoms with van der Waals surface area (Å²) in [6.45, 7) is 9.53. The minimum absolute atomic E-state index is 0.405. The minimum Gasteiger partial charge on any atom is -0.370 e. The molecule has 0 radical (unpaired) electrons. The third kappa shape index (κ3) is 3.32. The summed E-state index contributed by atoms with van der Waals surface area (Å²) >= 11 is 1.70. The molecule has 0 amide bonds. The van der Waals surface area contributed by atoms with Crippen LogP contribution in [0.1, 0.15) is 44.4 Å². The van der Waals surface area contributed by atoms with Gasteiger partial charge in [-0.2, -0.15) is 11.3 Å². The fourth-order valence-corrected chi connectivity index (χ4v) is 2.64. The third-order valence-electron chi connectivity index (χ3n) is 2.99. The number of hydrogen-bond acceptors (Lipinski definition) is 4. The molecule has 0 atom stereocenters. The number of nitrogens with zero attached hydrogens (tertiary/aromatic N) is 2. The summed E-state index contributed by atoms with van der Waals surface area (Å²) in [6, 6.07) is 2.06. The molecule has 2 aromatic heterocycles. The molecule has 0 aliphatic carbocycles. The smallest absolute Gasteiger partial charge is 0.162 e. The molecule has 0 fully saturated rings. The summed E-state index contributed by atoms with van der Waals surface area (Å²) in [4.78, 5) is 9.34. The van der Waals surface area contributed by atoms with Crippen LogP contribution in [0.5, 0.6) is 0 Å². The van der Waals surface area contributed by atoms with E-state index in [1.54, 1.807) is 11.3 Å². The quantitative estimate of drug-likeness (QED) is 0.875. The van der Waals surface area contributed by atoms with Crippen LogP contribution in [0.3, 0.4) is 0 Å². The second-order valence-electron chi connectivity index (χ2n) is 5.05. The monoisotopic (exact) mass is 275 g/mol. The summed E-state index contributed by atoms with van der Waals surface area (Å²) in [5, 5.41) is 7.63. The molecular weight excluding hydrogens is 254 g/mol. The van der Waals surface area contributed by atoms with E-state index in [1.807, 2.05) is 0 Å².